The van der Waals surface area contributed by atoms with E-state index in [2.05, 4.69) is 3.63 Å². The Bertz CT molecular complexity index is 1120. The number of benzene rings is 2. The number of hydrogen-bond acceptors (Lipinski definition) is 7. The van der Waals surface area contributed by atoms with Gasteiger partial charge in [-0.15, -0.1) is 0 Å². The standard InChI is InChI=1S/C24H34O7S2/c1-15-11-19(23(5,6)7)12-16(2)21(15)29-32(25,26)31-33(27,28)30-22-17(3)13-20(14-18(22)4)24(8,9)10/h11-14H,1-10H3. The Morgan fingerprint density at radius 2 is 0.788 bits per heavy atom. The van der Waals surface area contributed by atoms with E-state index in [1.54, 1.807) is 52.0 Å². The molecule has 2 rings (SSSR count). The summed E-state index contributed by atoms with van der Waals surface area (Å²) in [6, 6.07) is 7.19. The van der Waals surface area contributed by atoms with Crippen molar-refractivity contribution in [3.05, 3.63) is 57.6 Å². The summed E-state index contributed by atoms with van der Waals surface area (Å²) in [6.07, 6.45) is 0. The van der Waals surface area contributed by atoms with Crippen LogP contribution in [0, 0.1) is 27.7 Å². The minimum absolute atomic E-state index is 0.0140. The molecule has 0 aliphatic carbocycles. The van der Waals surface area contributed by atoms with Crippen LogP contribution in [0.4, 0.5) is 0 Å². The molecule has 2 aromatic carbocycles. The Labute approximate surface area is 198 Å². The highest BCUT2D eigenvalue weighted by atomic mass is 32.3. The molecule has 0 spiro atoms. The Hall–Kier alpha value is -2.10. The highest BCUT2D eigenvalue weighted by molar-refractivity contribution is 7.95. The molecule has 0 heterocycles. The van der Waals surface area contributed by atoms with Crippen molar-refractivity contribution in [1.82, 2.24) is 0 Å². The summed E-state index contributed by atoms with van der Waals surface area (Å²) in [4.78, 5) is 0. The van der Waals surface area contributed by atoms with Crippen LogP contribution in [0.5, 0.6) is 11.5 Å². The smallest absolute Gasteiger partial charge is 0.360 e. The van der Waals surface area contributed by atoms with E-state index in [4.69, 9.17) is 8.37 Å². The first-order chi connectivity index (χ1) is 14.7. The largest absolute Gasteiger partial charge is 0.466 e. The molecule has 0 aliphatic heterocycles. The fourth-order valence-electron chi connectivity index (χ4n) is 3.36. The minimum Gasteiger partial charge on any atom is -0.360 e. The van der Waals surface area contributed by atoms with Crippen LogP contribution < -0.4 is 8.37 Å². The van der Waals surface area contributed by atoms with Gasteiger partial charge in [-0.2, -0.15) is 16.8 Å². The molecule has 0 N–H and O–H groups in total. The van der Waals surface area contributed by atoms with Gasteiger partial charge in [0.05, 0.1) is 0 Å². The summed E-state index contributed by atoms with van der Waals surface area (Å²) in [7, 11) is -9.95. The maximum atomic E-state index is 12.4. The Morgan fingerprint density at radius 1 is 0.545 bits per heavy atom. The zero-order chi connectivity index (χ0) is 25.6. The van der Waals surface area contributed by atoms with Crippen molar-refractivity contribution in [2.75, 3.05) is 0 Å². The van der Waals surface area contributed by atoms with Crippen LogP contribution in [0.2, 0.25) is 0 Å². The molecule has 0 bridgehead atoms. The predicted molar refractivity (Wildman–Crippen MR) is 129 cm³/mol. The van der Waals surface area contributed by atoms with E-state index in [1.165, 1.54) is 0 Å². The highest BCUT2D eigenvalue weighted by Crippen LogP contribution is 2.34. The Kier molecular flexibility index (Phi) is 7.34. The summed E-state index contributed by atoms with van der Waals surface area (Å²) in [5.74, 6) is 0.0279. The summed E-state index contributed by atoms with van der Waals surface area (Å²) < 4.78 is 64.2. The molecule has 0 atom stereocenters. The van der Waals surface area contributed by atoms with Crippen LogP contribution in [0.15, 0.2) is 24.3 Å². The van der Waals surface area contributed by atoms with Crippen LogP contribution >= 0.6 is 0 Å². The van der Waals surface area contributed by atoms with Crippen molar-refractivity contribution in [2.24, 2.45) is 0 Å². The second-order valence-corrected chi connectivity index (χ2v) is 12.9. The molecule has 7 nitrogen and oxygen atoms in total. The Balaban J connectivity index is 2.30. The van der Waals surface area contributed by atoms with E-state index < -0.39 is 20.8 Å². The van der Waals surface area contributed by atoms with Gasteiger partial charge >= 0.3 is 20.8 Å². The van der Waals surface area contributed by atoms with Gasteiger partial charge in [0.25, 0.3) is 0 Å². The molecular formula is C24H34O7S2. The minimum atomic E-state index is -4.98. The van der Waals surface area contributed by atoms with Crippen LogP contribution in [0.3, 0.4) is 0 Å². The quantitative estimate of drug-likeness (QED) is 0.520. The third kappa shape index (κ3) is 6.94. The van der Waals surface area contributed by atoms with Crippen LogP contribution in [0.1, 0.15) is 74.9 Å². The number of rotatable bonds is 6. The molecule has 0 aromatic heterocycles. The molecule has 9 heteroatoms. The monoisotopic (exact) mass is 498 g/mol. The van der Waals surface area contributed by atoms with Gasteiger partial charge in [-0.25, -0.2) is 0 Å². The molecule has 0 saturated carbocycles. The van der Waals surface area contributed by atoms with Crippen molar-refractivity contribution in [3.63, 3.8) is 0 Å². The lowest BCUT2D eigenvalue weighted by Crippen LogP contribution is -2.23. The molecule has 0 unspecified atom stereocenters. The number of aryl methyl sites for hydroxylation is 4. The van der Waals surface area contributed by atoms with E-state index in [9.17, 15) is 16.8 Å². The lowest BCUT2D eigenvalue weighted by molar-refractivity contribution is 0.349. The molecule has 33 heavy (non-hydrogen) atoms. The van der Waals surface area contributed by atoms with Gasteiger partial charge in [0.15, 0.2) is 11.5 Å². The van der Waals surface area contributed by atoms with Crippen molar-refractivity contribution in [1.29, 1.82) is 0 Å². The molecule has 0 fully saturated rings. The highest BCUT2D eigenvalue weighted by Gasteiger charge is 2.30. The lowest BCUT2D eigenvalue weighted by Gasteiger charge is -2.22. The molecule has 0 radical (unpaired) electrons. The maximum absolute atomic E-state index is 12.4. The lowest BCUT2D eigenvalue weighted by atomic mass is 9.85. The Morgan fingerprint density at radius 3 is 1.00 bits per heavy atom. The second kappa shape index (κ2) is 8.92. The van der Waals surface area contributed by atoms with Crippen LogP contribution in [0.25, 0.3) is 0 Å². The summed E-state index contributed by atoms with van der Waals surface area (Å²) in [5, 5.41) is 0. The van der Waals surface area contributed by atoms with Gasteiger partial charge in [0, 0.05) is 0 Å². The average Bonchev–Trinajstić information content (AvgIpc) is 2.58. The first-order valence-electron chi connectivity index (χ1n) is 10.6. The van der Waals surface area contributed by atoms with Gasteiger partial charge in [-0.1, -0.05) is 69.4 Å². The molecule has 184 valence electrons. The first kappa shape index (κ1) is 27.1. The second-order valence-electron chi connectivity index (χ2n) is 10.4. The van der Waals surface area contributed by atoms with E-state index in [1.807, 2.05) is 41.5 Å². The van der Waals surface area contributed by atoms with Crippen molar-refractivity contribution >= 4 is 20.8 Å². The topological polar surface area (TPSA) is 96.0 Å². The molecule has 0 amide bonds. The van der Waals surface area contributed by atoms with E-state index >= 15 is 0 Å². The van der Waals surface area contributed by atoms with Crippen molar-refractivity contribution < 1.29 is 28.8 Å². The van der Waals surface area contributed by atoms with Gasteiger partial charge < -0.3 is 8.37 Å². The van der Waals surface area contributed by atoms with Crippen molar-refractivity contribution in [3.8, 4) is 11.5 Å². The summed E-state index contributed by atoms with van der Waals surface area (Å²) >= 11 is 0. The van der Waals surface area contributed by atoms with E-state index in [-0.39, 0.29) is 22.3 Å². The molecule has 0 aliphatic rings. The molecule has 2 aromatic rings. The van der Waals surface area contributed by atoms with E-state index in [0.717, 1.165) is 11.1 Å². The van der Waals surface area contributed by atoms with Gasteiger partial charge in [0.1, 0.15) is 0 Å². The SMILES string of the molecule is Cc1cc(C(C)(C)C)cc(C)c1OS(=O)(=O)OS(=O)(=O)Oc1c(C)cc(C(C)(C)C)cc1C. The van der Waals surface area contributed by atoms with E-state index in [0.29, 0.717) is 22.3 Å². The van der Waals surface area contributed by atoms with Gasteiger partial charge in [-0.3, -0.25) is 0 Å². The predicted octanol–water partition coefficient (Wildman–Crippen LogP) is 5.48. The molecular weight excluding hydrogens is 464 g/mol. The number of hydrogen-bond donors (Lipinski definition) is 0. The molecule has 0 saturated heterocycles. The van der Waals surface area contributed by atoms with Crippen molar-refractivity contribution in [2.45, 2.75) is 80.1 Å². The summed E-state index contributed by atoms with van der Waals surface area (Å²) in [5.41, 5.74) is 3.82. The van der Waals surface area contributed by atoms with Gasteiger partial charge in [-0.05, 0) is 71.9 Å². The van der Waals surface area contributed by atoms with Crippen LogP contribution in [-0.2, 0) is 35.3 Å². The third-order valence-corrected chi connectivity index (χ3v) is 7.27. The third-order valence-electron chi connectivity index (χ3n) is 5.19. The fourth-order valence-corrected chi connectivity index (χ4v) is 5.34. The normalized spacial score (nSPS) is 13.2. The summed E-state index contributed by atoms with van der Waals surface area (Å²) in [6.45, 7) is 18.9. The fraction of sp³-hybridized carbons (Fsp3) is 0.500. The maximum Gasteiger partial charge on any atom is 0.466 e. The zero-order valence-corrected chi connectivity index (χ0v) is 22.6. The van der Waals surface area contributed by atoms with Gasteiger partial charge in [0.2, 0.25) is 0 Å². The van der Waals surface area contributed by atoms with Crippen LogP contribution in [-0.4, -0.2) is 16.8 Å². The zero-order valence-electron chi connectivity index (χ0n) is 21.0. The average molecular weight is 499 g/mol. The first-order valence-corrected chi connectivity index (χ1v) is 13.2.